The minimum Gasteiger partial charge on any atom is -0.352 e. The van der Waals surface area contributed by atoms with E-state index in [4.69, 9.17) is 9.47 Å². The number of thioether (sulfide) groups is 1. The van der Waals surface area contributed by atoms with Gasteiger partial charge in [-0.25, -0.2) is 0 Å². The molecule has 0 aliphatic carbocycles. The summed E-state index contributed by atoms with van der Waals surface area (Å²) in [5, 5.41) is 6.12. The second kappa shape index (κ2) is 5.56. The van der Waals surface area contributed by atoms with E-state index in [1.165, 1.54) is 0 Å². The van der Waals surface area contributed by atoms with Crippen molar-refractivity contribution >= 4 is 17.7 Å². The van der Waals surface area contributed by atoms with Crippen LogP contribution in [-0.2, 0) is 14.3 Å². The van der Waals surface area contributed by atoms with Gasteiger partial charge >= 0.3 is 0 Å². The third kappa shape index (κ3) is 3.84. The van der Waals surface area contributed by atoms with Gasteiger partial charge in [0.15, 0.2) is 5.79 Å². The van der Waals surface area contributed by atoms with Gasteiger partial charge in [-0.1, -0.05) is 0 Å². The molecule has 5 nitrogen and oxygen atoms in total. The fourth-order valence-electron chi connectivity index (χ4n) is 1.94. The predicted molar refractivity (Wildman–Crippen MR) is 67.0 cm³/mol. The minimum atomic E-state index is -0.520. The Hall–Kier alpha value is -0.300. The molecule has 2 heterocycles. The zero-order chi connectivity index (χ0) is 12.3. The van der Waals surface area contributed by atoms with E-state index in [2.05, 4.69) is 10.6 Å². The average Bonchev–Trinajstić information content (AvgIpc) is 2.67. The molecule has 2 unspecified atom stereocenters. The van der Waals surface area contributed by atoms with Crippen LogP contribution < -0.4 is 10.6 Å². The van der Waals surface area contributed by atoms with Gasteiger partial charge in [0.2, 0.25) is 5.91 Å². The fourth-order valence-corrected chi connectivity index (χ4v) is 2.87. The lowest BCUT2D eigenvalue weighted by Crippen LogP contribution is -2.50. The Morgan fingerprint density at radius 1 is 1.59 bits per heavy atom. The summed E-state index contributed by atoms with van der Waals surface area (Å²) in [5.74, 6) is 1.47. The number of hydrogen-bond donors (Lipinski definition) is 2. The van der Waals surface area contributed by atoms with E-state index in [-0.39, 0.29) is 18.1 Å². The SMILES string of the molecule is CC1(C)OCC(CNC(=O)C2CSCCN2)O1. The van der Waals surface area contributed by atoms with Gasteiger partial charge in [-0.3, -0.25) is 4.79 Å². The number of carbonyl (C=O) groups is 1. The largest absolute Gasteiger partial charge is 0.352 e. The zero-order valence-electron chi connectivity index (χ0n) is 10.3. The van der Waals surface area contributed by atoms with E-state index >= 15 is 0 Å². The molecular formula is C11H20N2O3S. The molecule has 0 radical (unpaired) electrons. The fraction of sp³-hybridized carbons (Fsp3) is 0.909. The van der Waals surface area contributed by atoms with E-state index in [1.807, 2.05) is 25.6 Å². The molecule has 2 atom stereocenters. The molecule has 2 N–H and O–H groups in total. The van der Waals surface area contributed by atoms with Gasteiger partial charge in [-0.05, 0) is 13.8 Å². The summed E-state index contributed by atoms with van der Waals surface area (Å²) in [4.78, 5) is 11.8. The lowest BCUT2D eigenvalue weighted by molar-refractivity contribution is -0.139. The molecule has 0 aromatic rings. The van der Waals surface area contributed by atoms with Gasteiger partial charge in [0.25, 0.3) is 0 Å². The Bertz CT molecular complexity index is 280. The highest BCUT2D eigenvalue weighted by Crippen LogP contribution is 2.21. The molecule has 2 aliphatic heterocycles. The zero-order valence-corrected chi connectivity index (χ0v) is 11.1. The van der Waals surface area contributed by atoms with E-state index in [1.54, 1.807) is 0 Å². The maximum absolute atomic E-state index is 11.8. The van der Waals surface area contributed by atoms with Crippen LogP contribution in [0.3, 0.4) is 0 Å². The summed E-state index contributed by atoms with van der Waals surface area (Å²) < 4.78 is 11.1. The number of carbonyl (C=O) groups excluding carboxylic acids is 1. The molecule has 2 fully saturated rings. The summed E-state index contributed by atoms with van der Waals surface area (Å²) in [6.07, 6.45) is -0.0369. The summed E-state index contributed by atoms with van der Waals surface area (Å²) in [5.41, 5.74) is 0. The van der Waals surface area contributed by atoms with Crippen LogP contribution in [0.1, 0.15) is 13.8 Å². The first-order valence-corrected chi connectivity index (χ1v) is 7.13. The maximum Gasteiger partial charge on any atom is 0.238 e. The van der Waals surface area contributed by atoms with Crippen molar-refractivity contribution in [2.75, 3.05) is 31.2 Å². The van der Waals surface area contributed by atoms with Crippen molar-refractivity contribution in [3.8, 4) is 0 Å². The predicted octanol–water partition coefficient (Wildman–Crippen LogP) is -0.0409. The van der Waals surface area contributed by atoms with Crippen LogP contribution in [0.25, 0.3) is 0 Å². The van der Waals surface area contributed by atoms with Gasteiger partial charge in [0.05, 0.1) is 12.6 Å². The van der Waals surface area contributed by atoms with Crippen molar-refractivity contribution in [1.82, 2.24) is 10.6 Å². The van der Waals surface area contributed by atoms with Gasteiger partial charge in [0, 0.05) is 24.6 Å². The van der Waals surface area contributed by atoms with Gasteiger partial charge in [-0.15, -0.1) is 0 Å². The first-order chi connectivity index (χ1) is 8.07. The molecule has 1 amide bonds. The van der Waals surface area contributed by atoms with Crippen molar-refractivity contribution < 1.29 is 14.3 Å². The standard InChI is InChI=1S/C11H20N2O3S/c1-11(2)15-6-8(16-11)5-13-10(14)9-7-17-4-3-12-9/h8-9,12H,3-7H2,1-2H3,(H,13,14). The number of nitrogens with one attached hydrogen (secondary N) is 2. The highest BCUT2D eigenvalue weighted by Gasteiger charge is 2.33. The molecular weight excluding hydrogens is 240 g/mol. The van der Waals surface area contributed by atoms with Crippen molar-refractivity contribution in [3.05, 3.63) is 0 Å². The third-order valence-electron chi connectivity index (χ3n) is 2.81. The number of hydrogen-bond acceptors (Lipinski definition) is 5. The molecule has 6 heteroatoms. The average molecular weight is 260 g/mol. The second-order valence-electron chi connectivity index (χ2n) is 4.78. The Morgan fingerprint density at radius 2 is 2.41 bits per heavy atom. The van der Waals surface area contributed by atoms with E-state index in [0.29, 0.717) is 13.2 Å². The molecule has 17 heavy (non-hydrogen) atoms. The maximum atomic E-state index is 11.8. The van der Waals surface area contributed by atoms with Crippen LogP contribution in [-0.4, -0.2) is 55.0 Å². The molecule has 2 rings (SSSR count). The molecule has 0 aromatic heterocycles. The molecule has 0 spiro atoms. The minimum absolute atomic E-state index is 0.0369. The Labute approximate surface area is 106 Å². The van der Waals surface area contributed by atoms with Crippen molar-refractivity contribution in [3.63, 3.8) is 0 Å². The van der Waals surface area contributed by atoms with Crippen LogP contribution in [0.2, 0.25) is 0 Å². The van der Waals surface area contributed by atoms with Gasteiger partial charge in [0.1, 0.15) is 6.10 Å². The molecule has 98 valence electrons. The molecule has 0 aromatic carbocycles. The quantitative estimate of drug-likeness (QED) is 0.745. The summed E-state index contributed by atoms with van der Waals surface area (Å²) in [6, 6.07) is -0.0657. The number of amides is 1. The third-order valence-corrected chi connectivity index (χ3v) is 3.87. The number of rotatable bonds is 3. The van der Waals surface area contributed by atoms with Gasteiger partial charge in [-0.2, -0.15) is 11.8 Å². The Morgan fingerprint density at radius 3 is 3.00 bits per heavy atom. The van der Waals surface area contributed by atoms with Crippen molar-refractivity contribution in [2.45, 2.75) is 31.8 Å². The lowest BCUT2D eigenvalue weighted by atomic mass is 10.3. The highest BCUT2D eigenvalue weighted by molar-refractivity contribution is 7.99. The van der Waals surface area contributed by atoms with Crippen LogP contribution in [0.4, 0.5) is 0 Å². The van der Waals surface area contributed by atoms with Crippen molar-refractivity contribution in [2.24, 2.45) is 0 Å². The molecule has 0 bridgehead atoms. The Balaban J connectivity index is 1.69. The topological polar surface area (TPSA) is 59.6 Å². The van der Waals surface area contributed by atoms with E-state index in [9.17, 15) is 4.79 Å². The normalized spacial score (nSPS) is 32.4. The first-order valence-electron chi connectivity index (χ1n) is 5.97. The number of ether oxygens (including phenoxy) is 2. The molecule has 0 saturated carbocycles. The highest BCUT2D eigenvalue weighted by atomic mass is 32.2. The van der Waals surface area contributed by atoms with E-state index < -0.39 is 5.79 Å². The smallest absolute Gasteiger partial charge is 0.238 e. The van der Waals surface area contributed by atoms with Gasteiger partial charge < -0.3 is 20.1 Å². The summed E-state index contributed by atoms with van der Waals surface area (Å²) in [7, 11) is 0. The first kappa shape index (κ1) is 13.1. The van der Waals surface area contributed by atoms with Crippen LogP contribution in [0.5, 0.6) is 0 Å². The Kier molecular flexibility index (Phi) is 4.30. The summed E-state index contributed by atoms with van der Waals surface area (Å²) >= 11 is 1.81. The van der Waals surface area contributed by atoms with Crippen LogP contribution in [0, 0.1) is 0 Å². The monoisotopic (exact) mass is 260 g/mol. The van der Waals surface area contributed by atoms with E-state index in [0.717, 1.165) is 18.1 Å². The van der Waals surface area contributed by atoms with Crippen LogP contribution in [0.15, 0.2) is 0 Å². The van der Waals surface area contributed by atoms with Crippen LogP contribution >= 0.6 is 11.8 Å². The van der Waals surface area contributed by atoms with Crippen molar-refractivity contribution in [1.29, 1.82) is 0 Å². The molecule has 2 aliphatic rings. The summed E-state index contributed by atoms with van der Waals surface area (Å²) in [6.45, 7) is 5.73. The lowest BCUT2D eigenvalue weighted by Gasteiger charge is -2.23. The second-order valence-corrected chi connectivity index (χ2v) is 5.93. The molecule has 2 saturated heterocycles.